The van der Waals surface area contributed by atoms with Crippen molar-refractivity contribution in [1.29, 1.82) is 0 Å². The normalized spacial score (nSPS) is 10.8. The first-order chi connectivity index (χ1) is 10.8. The first-order valence-electron chi connectivity index (χ1n) is 8.90. The van der Waals surface area contributed by atoms with Crippen LogP contribution >= 0.6 is 0 Å². The van der Waals surface area contributed by atoms with Gasteiger partial charge in [-0.15, -0.1) is 0 Å². The lowest BCUT2D eigenvalue weighted by Gasteiger charge is -2.02. The van der Waals surface area contributed by atoms with Crippen LogP contribution in [0, 0.1) is 0 Å². The molecule has 0 aliphatic carbocycles. The summed E-state index contributed by atoms with van der Waals surface area (Å²) in [6.07, 6.45) is 14.6. The predicted octanol–water partition coefficient (Wildman–Crippen LogP) is 5.46. The Bertz CT molecular complexity index is 395. The number of carbonyl (C=O) groups excluding carboxylic acids is 1. The Kier molecular flexibility index (Phi) is 10.5. The van der Waals surface area contributed by atoms with Gasteiger partial charge in [-0.05, 0) is 18.6 Å². The second kappa shape index (κ2) is 12.3. The van der Waals surface area contributed by atoms with Gasteiger partial charge in [-0.1, -0.05) is 64.7 Å². The molecule has 0 saturated heterocycles. The Balaban J connectivity index is 1.97. The fourth-order valence-corrected chi connectivity index (χ4v) is 2.65. The molecule has 0 aromatic carbocycles. The molecule has 0 N–H and O–H groups in total. The topological polar surface area (TPSA) is 39.4 Å². The molecule has 0 atom stereocenters. The molecule has 1 aromatic heterocycles. The average Bonchev–Trinajstić information content (AvgIpc) is 2.96. The minimum Gasteiger partial charge on any atom is -0.469 e. The van der Waals surface area contributed by atoms with Crippen molar-refractivity contribution < 1.29 is 13.9 Å². The van der Waals surface area contributed by atoms with Gasteiger partial charge in [0, 0.05) is 6.42 Å². The number of esters is 1. The number of ether oxygens (including phenoxy) is 1. The van der Waals surface area contributed by atoms with E-state index >= 15 is 0 Å². The third kappa shape index (κ3) is 8.91. The molecular formula is C19H32O3. The summed E-state index contributed by atoms with van der Waals surface area (Å²) in [5, 5.41) is 0. The van der Waals surface area contributed by atoms with E-state index < -0.39 is 0 Å². The van der Waals surface area contributed by atoms with E-state index in [0.717, 1.165) is 12.2 Å². The third-order valence-corrected chi connectivity index (χ3v) is 4.04. The van der Waals surface area contributed by atoms with Gasteiger partial charge in [0.2, 0.25) is 0 Å². The molecule has 3 heteroatoms. The number of furan rings is 1. The number of rotatable bonds is 13. The third-order valence-electron chi connectivity index (χ3n) is 4.04. The van der Waals surface area contributed by atoms with Crippen molar-refractivity contribution in [2.75, 3.05) is 7.11 Å². The van der Waals surface area contributed by atoms with Crippen LogP contribution in [0.25, 0.3) is 0 Å². The molecule has 0 saturated carbocycles. The van der Waals surface area contributed by atoms with E-state index in [1.807, 2.05) is 12.1 Å². The van der Waals surface area contributed by atoms with Crippen LogP contribution in [-0.4, -0.2) is 13.1 Å². The quantitative estimate of drug-likeness (QED) is 0.359. The second-order valence-electron chi connectivity index (χ2n) is 6.05. The first kappa shape index (κ1) is 18.8. The van der Waals surface area contributed by atoms with Crippen LogP contribution in [0.5, 0.6) is 0 Å². The molecule has 0 unspecified atom stereocenters. The Morgan fingerprint density at radius 1 is 0.909 bits per heavy atom. The summed E-state index contributed by atoms with van der Waals surface area (Å²) in [5.41, 5.74) is 0. The molecule has 0 aliphatic rings. The van der Waals surface area contributed by atoms with Gasteiger partial charge >= 0.3 is 5.97 Å². The zero-order valence-corrected chi connectivity index (χ0v) is 14.4. The molecule has 1 aromatic rings. The Labute approximate surface area is 135 Å². The van der Waals surface area contributed by atoms with Gasteiger partial charge in [0.25, 0.3) is 0 Å². The lowest BCUT2D eigenvalue weighted by Crippen LogP contribution is -2.03. The SMILES string of the molecule is CCCCCCCCCCCCc1ccc(CC(=O)OC)o1. The maximum Gasteiger partial charge on any atom is 0.313 e. The van der Waals surface area contributed by atoms with E-state index in [-0.39, 0.29) is 12.4 Å². The molecule has 1 heterocycles. The summed E-state index contributed by atoms with van der Waals surface area (Å²) >= 11 is 0. The van der Waals surface area contributed by atoms with Gasteiger partial charge < -0.3 is 9.15 Å². The number of aryl methyl sites for hydroxylation is 1. The molecule has 1 rings (SSSR count). The van der Waals surface area contributed by atoms with Crippen molar-refractivity contribution in [1.82, 2.24) is 0 Å². The molecular weight excluding hydrogens is 276 g/mol. The van der Waals surface area contributed by atoms with Crippen molar-refractivity contribution in [3.8, 4) is 0 Å². The van der Waals surface area contributed by atoms with Crippen molar-refractivity contribution in [3.63, 3.8) is 0 Å². The fraction of sp³-hybridized carbons (Fsp3) is 0.737. The molecule has 0 spiro atoms. The Morgan fingerprint density at radius 3 is 2.05 bits per heavy atom. The highest BCUT2D eigenvalue weighted by Gasteiger charge is 2.07. The number of hydrogen-bond donors (Lipinski definition) is 0. The lowest BCUT2D eigenvalue weighted by molar-refractivity contribution is -0.140. The molecule has 0 aliphatic heterocycles. The number of carbonyl (C=O) groups is 1. The summed E-state index contributed by atoms with van der Waals surface area (Å²) in [5.74, 6) is 1.44. The maximum absolute atomic E-state index is 11.2. The highest BCUT2D eigenvalue weighted by molar-refractivity contribution is 5.71. The molecule has 126 valence electrons. The molecule has 0 radical (unpaired) electrons. The van der Waals surface area contributed by atoms with Crippen molar-refractivity contribution in [3.05, 3.63) is 23.7 Å². The van der Waals surface area contributed by atoms with Gasteiger partial charge in [0.15, 0.2) is 0 Å². The monoisotopic (exact) mass is 308 g/mol. The highest BCUT2D eigenvalue weighted by atomic mass is 16.5. The summed E-state index contributed by atoms with van der Waals surface area (Å²) in [7, 11) is 1.40. The number of unbranched alkanes of at least 4 members (excludes halogenated alkanes) is 9. The van der Waals surface area contributed by atoms with Gasteiger partial charge in [-0.25, -0.2) is 0 Å². The fourth-order valence-electron chi connectivity index (χ4n) is 2.65. The van der Waals surface area contributed by atoms with Crippen LogP contribution in [-0.2, 0) is 22.4 Å². The first-order valence-corrected chi connectivity index (χ1v) is 8.90. The predicted molar refractivity (Wildman–Crippen MR) is 90.0 cm³/mol. The summed E-state index contributed by atoms with van der Waals surface area (Å²) in [6, 6.07) is 3.86. The zero-order valence-electron chi connectivity index (χ0n) is 14.4. The van der Waals surface area contributed by atoms with E-state index in [0.29, 0.717) is 5.76 Å². The second-order valence-corrected chi connectivity index (χ2v) is 6.05. The molecule has 22 heavy (non-hydrogen) atoms. The van der Waals surface area contributed by atoms with E-state index in [2.05, 4.69) is 11.7 Å². The van der Waals surface area contributed by atoms with Crippen molar-refractivity contribution >= 4 is 5.97 Å². The zero-order chi connectivity index (χ0) is 16.0. The molecule has 0 bridgehead atoms. The Morgan fingerprint density at radius 2 is 1.45 bits per heavy atom. The van der Waals surface area contributed by atoms with Crippen LogP contribution in [0.2, 0.25) is 0 Å². The molecule has 3 nitrogen and oxygen atoms in total. The largest absolute Gasteiger partial charge is 0.469 e. The van der Waals surface area contributed by atoms with E-state index in [1.54, 1.807) is 0 Å². The van der Waals surface area contributed by atoms with Crippen molar-refractivity contribution in [2.45, 2.75) is 84.0 Å². The van der Waals surface area contributed by atoms with E-state index in [4.69, 9.17) is 4.42 Å². The van der Waals surface area contributed by atoms with Crippen LogP contribution in [0.1, 0.15) is 82.7 Å². The van der Waals surface area contributed by atoms with E-state index in [9.17, 15) is 4.79 Å². The van der Waals surface area contributed by atoms with Crippen molar-refractivity contribution in [2.24, 2.45) is 0 Å². The number of hydrogen-bond acceptors (Lipinski definition) is 3. The minimum atomic E-state index is -0.250. The van der Waals surface area contributed by atoms with Gasteiger partial charge in [-0.2, -0.15) is 0 Å². The van der Waals surface area contributed by atoms with Gasteiger partial charge in [0.05, 0.1) is 7.11 Å². The lowest BCUT2D eigenvalue weighted by atomic mass is 10.1. The minimum absolute atomic E-state index is 0.231. The summed E-state index contributed by atoms with van der Waals surface area (Å²) < 4.78 is 10.3. The van der Waals surface area contributed by atoms with Crippen LogP contribution < -0.4 is 0 Å². The number of methoxy groups -OCH3 is 1. The van der Waals surface area contributed by atoms with Gasteiger partial charge in [-0.3, -0.25) is 4.79 Å². The van der Waals surface area contributed by atoms with Crippen LogP contribution in [0.15, 0.2) is 16.5 Å². The summed E-state index contributed by atoms with van der Waals surface area (Å²) in [6.45, 7) is 2.26. The molecule has 0 fully saturated rings. The Hall–Kier alpha value is -1.25. The average molecular weight is 308 g/mol. The van der Waals surface area contributed by atoms with E-state index in [1.165, 1.54) is 71.3 Å². The summed E-state index contributed by atoms with van der Waals surface area (Å²) in [4.78, 5) is 11.2. The van der Waals surface area contributed by atoms with Crippen LogP contribution in [0.3, 0.4) is 0 Å². The van der Waals surface area contributed by atoms with Gasteiger partial charge in [0.1, 0.15) is 17.9 Å². The van der Waals surface area contributed by atoms with Crippen LogP contribution in [0.4, 0.5) is 0 Å². The standard InChI is InChI=1S/C19H32O3/c1-3-4-5-6-7-8-9-10-11-12-13-17-14-15-18(22-17)16-19(20)21-2/h14-15H,3-13,16H2,1-2H3. The maximum atomic E-state index is 11.2. The molecule has 0 amide bonds. The smallest absolute Gasteiger partial charge is 0.313 e. The highest BCUT2D eigenvalue weighted by Crippen LogP contribution is 2.14.